The van der Waals surface area contributed by atoms with Gasteiger partial charge in [0.2, 0.25) is 0 Å². The molecule has 0 aromatic heterocycles. The van der Waals surface area contributed by atoms with Crippen LogP contribution in [-0.2, 0) is 0 Å². The molecule has 0 spiro atoms. The van der Waals surface area contributed by atoms with Crippen LogP contribution in [0.3, 0.4) is 0 Å². The summed E-state index contributed by atoms with van der Waals surface area (Å²) in [4.78, 5) is 0. The lowest BCUT2D eigenvalue weighted by molar-refractivity contribution is 0.341. The van der Waals surface area contributed by atoms with Gasteiger partial charge in [-0.15, -0.1) is 0 Å². The number of hydrogen-bond acceptors (Lipinski definition) is 4. The largest absolute Gasteiger partial charge is 0.511 e. The van der Waals surface area contributed by atoms with Crippen molar-refractivity contribution in [1.82, 2.24) is 0 Å². The van der Waals surface area contributed by atoms with E-state index < -0.39 is 17.9 Å². The van der Waals surface area contributed by atoms with Crippen LogP contribution in [0, 0.1) is 34.5 Å². The van der Waals surface area contributed by atoms with E-state index in [9.17, 15) is 5.11 Å². The highest BCUT2D eigenvalue weighted by Crippen LogP contribution is 2.12. The minimum absolute atomic E-state index is 0.0799. The van der Waals surface area contributed by atoms with Crippen molar-refractivity contribution in [2.45, 2.75) is 19.3 Å². The van der Waals surface area contributed by atoms with E-state index in [0.717, 1.165) is 0 Å². The van der Waals surface area contributed by atoms with E-state index in [4.69, 9.17) is 24.1 Å². The molecule has 0 aromatic carbocycles. The van der Waals surface area contributed by atoms with Crippen molar-refractivity contribution >= 4 is 7.85 Å². The molecule has 0 heterocycles. The fourth-order valence-corrected chi connectivity index (χ4v) is 0.890. The minimum atomic E-state index is -0.819. The van der Waals surface area contributed by atoms with E-state index in [1.54, 1.807) is 6.92 Å². The Morgan fingerprint density at radius 3 is 2.50 bits per heavy atom. The summed E-state index contributed by atoms with van der Waals surface area (Å²) < 4.78 is 0. The highest BCUT2D eigenvalue weighted by Gasteiger charge is 2.19. The van der Waals surface area contributed by atoms with Crippen LogP contribution < -0.4 is 5.73 Å². The fraction of sp³-hybridized carbons (Fsp3) is 0.556. The third-order valence-corrected chi connectivity index (χ3v) is 1.82. The highest BCUT2D eigenvalue weighted by atomic mass is 16.3. The molecule has 0 saturated carbocycles. The Hall–Kier alpha value is -1.46. The highest BCUT2D eigenvalue weighted by molar-refractivity contribution is 6.08. The molecule has 5 heteroatoms. The second-order valence-corrected chi connectivity index (χ2v) is 3.01. The smallest absolute Gasteiger partial charge is 0.108 e. The lowest BCUT2D eigenvalue weighted by atomic mass is 9.86. The second kappa shape index (κ2) is 6.07. The van der Waals surface area contributed by atoms with E-state index in [0.29, 0.717) is 0 Å². The van der Waals surface area contributed by atoms with Crippen molar-refractivity contribution in [3.8, 4) is 12.1 Å². The Morgan fingerprint density at radius 2 is 2.14 bits per heavy atom. The Morgan fingerprint density at radius 1 is 1.57 bits per heavy atom. The predicted octanol–water partition coefficient (Wildman–Crippen LogP) is 0.642. The number of hydrogen-bond donors (Lipinski definition) is 2. The maximum atomic E-state index is 9.43. The first-order chi connectivity index (χ1) is 6.56. The van der Waals surface area contributed by atoms with Crippen LogP contribution in [0.2, 0.25) is 6.32 Å². The number of nitriles is 2. The van der Waals surface area contributed by atoms with Gasteiger partial charge in [-0.1, -0.05) is 6.32 Å². The third-order valence-electron chi connectivity index (χ3n) is 1.82. The van der Waals surface area contributed by atoms with Crippen molar-refractivity contribution in [2.75, 3.05) is 0 Å². The van der Waals surface area contributed by atoms with Gasteiger partial charge in [-0.2, -0.15) is 10.5 Å². The van der Waals surface area contributed by atoms with Gasteiger partial charge in [0, 0.05) is 0 Å². The van der Waals surface area contributed by atoms with Crippen molar-refractivity contribution < 1.29 is 5.11 Å². The van der Waals surface area contributed by atoms with E-state index in [-0.39, 0.29) is 12.1 Å². The van der Waals surface area contributed by atoms with Gasteiger partial charge < -0.3 is 10.8 Å². The van der Waals surface area contributed by atoms with Crippen LogP contribution in [0.1, 0.15) is 6.92 Å². The summed E-state index contributed by atoms with van der Waals surface area (Å²) in [5.74, 6) is -1.22. The van der Waals surface area contributed by atoms with Gasteiger partial charge in [-0.3, -0.25) is 0 Å². The summed E-state index contributed by atoms with van der Waals surface area (Å²) in [6, 6.07) is 2.99. The molecule has 0 aromatic rings. The van der Waals surface area contributed by atoms with Crippen molar-refractivity contribution in [1.29, 1.82) is 10.5 Å². The lowest BCUT2D eigenvalue weighted by Gasteiger charge is -2.15. The quantitative estimate of drug-likeness (QED) is 0.501. The molecule has 72 valence electrons. The standard InChI is InChI=1S/C9H12BN3O/c1-6(4-11)2-8(14)9(13)7(3-10)5-12/h2,6-7,9,14H,3,13H2,1H3/b8-2+. The Labute approximate surface area is 85.0 Å². The molecule has 0 bridgehead atoms. The first kappa shape index (κ1) is 12.5. The van der Waals surface area contributed by atoms with Crippen LogP contribution in [-0.4, -0.2) is 19.0 Å². The SMILES string of the molecule is [B]CC(C#N)C(N)/C(O)=C\C(C)C#N. The van der Waals surface area contributed by atoms with Crippen LogP contribution in [0.4, 0.5) is 0 Å². The molecule has 14 heavy (non-hydrogen) atoms. The number of rotatable bonds is 4. The van der Waals surface area contributed by atoms with Gasteiger partial charge in [0.15, 0.2) is 0 Å². The van der Waals surface area contributed by atoms with Crippen LogP contribution in [0.25, 0.3) is 0 Å². The Balaban J connectivity index is 4.55. The van der Waals surface area contributed by atoms with Gasteiger partial charge in [0.25, 0.3) is 0 Å². The topological polar surface area (TPSA) is 93.8 Å². The van der Waals surface area contributed by atoms with E-state index in [1.807, 2.05) is 12.1 Å². The van der Waals surface area contributed by atoms with Gasteiger partial charge in [0.1, 0.15) is 5.76 Å². The predicted molar refractivity (Wildman–Crippen MR) is 53.1 cm³/mol. The molecule has 0 fully saturated rings. The minimum Gasteiger partial charge on any atom is -0.511 e. The Kier molecular flexibility index (Phi) is 5.44. The maximum absolute atomic E-state index is 9.43. The normalized spacial score (nSPS) is 17.6. The molecule has 0 aliphatic rings. The van der Waals surface area contributed by atoms with Gasteiger partial charge >= 0.3 is 0 Å². The van der Waals surface area contributed by atoms with Crippen molar-refractivity contribution in [2.24, 2.45) is 17.6 Å². The van der Waals surface area contributed by atoms with Gasteiger partial charge in [-0.25, -0.2) is 0 Å². The van der Waals surface area contributed by atoms with Crippen molar-refractivity contribution in [3.05, 3.63) is 11.8 Å². The molecule has 0 rings (SSSR count). The van der Waals surface area contributed by atoms with Crippen LogP contribution >= 0.6 is 0 Å². The molecule has 0 aliphatic carbocycles. The molecule has 0 aliphatic heterocycles. The van der Waals surface area contributed by atoms with Crippen molar-refractivity contribution in [3.63, 3.8) is 0 Å². The zero-order chi connectivity index (χ0) is 11.1. The first-order valence-corrected chi connectivity index (χ1v) is 4.22. The summed E-state index contributed by atoms with van der Waals surface area (Å²) in [5.41, 5.74) is 5.56. The molecule has 3 unspecified atom stereocenters. The lowest BCUT2D eigenvalue weighted by Crippen LogP contribution is -2.31. The van der Waals surface area contributed by atoms with Gasteiger partial charge in [0.05, 0.1) is 37.9 Å². The van der Waals surface area contributed by atoms with E-state index in [1.165, 1.54) is 6.08 Å². The monoisotopic (exact) mass is 189 g/mol. The first-order valence-electron chi connectivity index (χ1n) is 4.22. The molecular formula is C9H12BN3O. The number of aliphatic hydroxyl groups is 1. The summed E-state index contributed by atoms with van der Waals surface area (Å²) in [6.45, 7) is 1.62. The van der Waals surface area contributed by atoms with Crippen LogP contribution in [0.15, 0.2) is 11.8 Å². The molecular weight excluding hydrogens is 177 g/mol. The zero-order valence-electron chi connectivity index (χ0n) is 8.01. The second-order valence-electron chi connectivity index (χ2n) is 3.01. The number of nitrogens with zero attached hydrogens (tertiary/aromatic N) is 2. The number of allylic oxidation sites excluding steroid dienone is 1. The molecule has 3 N–H and O–H groups in total. The molecule has 3 atom stereocenters. The number of aliphatic hydroxyl groups excluding tert-OH is 1. The molecule has 4 nitrogen and oxygen atoms in total. The summed E-state index contributed by atoms with van der Waals surface area (Å²) in [7, 11) is 5.28. The Bertz CT molecular complexity index is 289. The summed E-state index contributed by atoms with van der Waals surface area (Å²) >= 11 is 0. The third kappa shape index (κ3) is 3.51. The zero-order valence-corrected chi connectivity index (χ0v) is 8.01. The van der Waals surface area contributed by atoms with E-state index >= 15 is 0 Å². The molecule has 0 saturated heterocycles. The average Bonchev–Trinajstić information content (AvgIpc) is 2.19. The molecule has 0 amide bonds. The fourth-order valence-electron chi connectivity index (χ4n) is 0.890. The molecule has 2 radical (unpaired) electrons. The van der Waals surface area contributed by atoms with E-state index in [2.05, 4.69) is 0 Å². The summed E-state index contributed by atoms with van der Waals surface area (Å²) in [5, 5.41) is 26.5. The van der Waals surface area contributed by atoms with Gasteiger partial charge in [-0.05, 0) is 13.0 Å². The van der Waals surface area contributed by atoms with Crippen LogP contribution in [0.5, 0.6) is 0 Å². The average molecular weight is 189 g/mol. The summed E-state index contributed by atoms with van der Waals surface area (Å²) in [6.07, 6.45) is 1.40. The maximum Gasteiger partial charge on any atom is 0.108 e. The number of nitrogens with two attached hydrogens (primary N) is 1.